The number of esters is 1. The maximum atomic E-state index is 11.9. The van der Waals surface area contributed by atoms with E-state index in [9.17, 15) is 9.59 Å². The van der Waals surface area contributed by atoms with Crippen molar-refractivity contribution >= 4 is 43.8 Å². The highest BCUT2D eigenvalue weighted by Crippen LogP contribution is 2.24. The van der Waals surface area contributed by atoms with Crippen molar-refractivity contribution in [1.82, 2.24) is 0 Å². The number of carboxylic acids is 1. The van der Waals surface area contributed by atoms with E-state index in [0.717, 1.165) is 10.0 Å². The number of carbonyl (C=O) groups is 2. The summed E-state index contributed by atoms with van der Waals surface area (Å²) < 4.78 is 12.0. The summed E-state index contributed by atoms with van der Waals surface area (Å²) in [6, 6.07) is 9.76. The summed E-state index contributed by atoms with van der Waals surface area (Å²) in [5, 5.41) is 9.13. The van der Waals surface area contributed by atoms with Crippen molar-refractivity contribution in [3.63, 3.8) is 0 Å². The molecule has 120 valence electrons. The third-order valence-corrected chi connectivity index (χ3v) is 3.86. The van der Waals surface area contributed by atoms with Crippen LogP contribution in [-0.4, -0.2) is 23.7 Å². The minimum atomic E-state index is -1.18. The standard InChI is InChI=1S/C16H12Br2O5/c1-9-6-10(17)2-4-13(9)22-8-15(19)23-14-5-3-11(18)7-12(14)16(20)21/h2-7H,8H2,1H3,(H,20,21). The molecule has 0 heterocycles. The van der Waals surface area contributed by atoms with Crippen molar-refractivity contribution in [3.8, 4) is 11.5 Å². The number of carboxylic acid groups (broad SMARTS) is 1. The first-order valence-corrected chi connectivity index (χ1v) is 8.08. The lowest BCUT2D eigenvalue weighted by atomic mass is 10.2. The molecule has 0 saturated heterocycles. The van der Waals surface area contributed by atoms with Crippen molar-refractivity contribution in [3.05, 3.63) is 56.5 Å². The van der Waals surface area contributed by atoms with Gasteiger partial charge in [-0.15, -0.1) is 0 Å². The largest absolute Gasteiger partial charge is 0.482 e. The van der Waals surface area contributed by atoms with E-state index >= 15 is 0 Å². The van der Waals surface area contributed by atoms with E-state index in [4.69, 9.17) is 14.6 Å². The lowest BCUT2D eigenvalue weighted by Crippen LogP contribution is -2.19. The first kappa shape index (κ1) is 17.5. The second-order valence-corrected chi connectivity index (χ2v) is 6.45. The zero-order valence-corrected chi connectivity index (χ0v) is 15.2. The first-order chi connectivity index (χ1) is 10.9. The lowest BCUT2D eigenvalue weighted by molar-refractivity contribution is -0.136. The van der Waals surface area contributed by atoms with Gasteiger partial charge in [-0.25, -0.2) is 9.59 Å². The summed E-state index contributed by atoms with van der Waals surface area (Å²) in [5.74, 6) is -1.34. The van der Waals surface area contributed by atoms with Crippen molar-refractivity contribution < 1.29 is 24.2 Å². The van der Waals surface area contributed by atoms with E-state index in [1.165, 1.54) is 12.1 Å². The summed E-state index contributed by atoms with van der Waals surface area (Å²) in [7, 11) is 0. The summed E-state index contributed by atoms with van der Waals surface area (Å²) in [5.41, 5.74) is 0.759. The van der Waals surface area contributed by atoms with Crippen molar-refractivity contribution in [2.24, 2.45) is 0 Å². The molecule has 0 aliphatic heterocycles. The summed E-state index contributed by atoms with van der Waals surface area (Å²) in [4.78, 5) is 23.0. The van der Waals surface area contributed by atoms with Crippen LogP contribution in [-0.2, 0) is 4.79 Å². The Bertz CT molecular complexity index is 758. The number of rotatable bonds is 5. The van der Waals surface area contributed by atoms with E-state index < -0.39 is 11.9 Å². The summed E-state index contributed by atoms with van der Waals surface area (Å²) in [6.45, 7) is 1.53. The topological polar surface area (TPSA) is 72.8 Å². The van der Waals surface area contributed by atoms with E-state index in [-0.39, 0.29) is 17.9 Å². The number of halogens is 2. The molecule has 0 aliphatic carbocycles. The van der Waals surface area contributed by atoms with Gasteiger partial charge >= 0.3 is 11.9 Å². The van der Waals surface area contributed by atoms with Crippen LogP contribution in [0.1, 0.15) is 15.9 Å². The van der Waals surface area contributed by atoms with E-state index in [1.54, 1.807) is 18.2 Å². The van der Waals surface area contributed by atoms with Crippen LogP contribution < -0.4 is 9.47 Å². The van der Waals surface area contributed by atoms with E-state index in [2.05, 4.69) is 31.9 Å². The first-order valence-electron chi connectivity index (χ1n) is 6.49. The molecule has 2 rings (SSSR count). The highest BCUT2D eigenvalue weighted by molar-refractivity contribution is 9.10. The van der Waals surface area contributed by atoms with Gasteiger partial charge in [-0.05, 0) is 48.9 Å². The molecule has 0 saturated carbocycles. The van der Waals surface area contributed by atoms with Crippen LogP contribution in [0.4, 0.5) is 0 Å². The molecule has 1 N–H and O–H groups in total. The second kappa shape index (κ2) is 7.61. The van der Waals surface area contributed by atoms with Crippen LogP contribution in [0.5, 0.6) is 11.5 Å². The average Bonchev–Trinajstić information content (AvgIpc) is 2.48. The van der Waals surface area contributed by atoms with Crippen LogP contribution in [0.25, 0.3) is 0 Å². The molecule has 0 bridgehead atoms. The van der Waals surface area contributed by atoms with Gasteiger partial charge in [-0.3, -0.25) is 0 Å². The Kier molecular flexibility index (Phi) is 5.79. The molecule has 0 atom stereocenters. The number of hydrogen-bond donors (Lipinski definition) is 1. The molecule has 23 heavy (non-hydrogen) atoms. The minimum absolute atomic E-state index is 0.0261. The molecule has 2 aromatic rings. The van der Waals surface area contributed by atoms with Gasteiger partial charge in [0.1, 0.15) is 17.1 Å². The van der Waals surface area contributed by atoms with Gasteiger partial charge in [0.15, 0.2) is 6.61 Å². The molecule has 0 aliphatic rings. The van der Waals surface area contributed by atoms with Crippen molar-refractivity contribution in [2.45, 2.75) is 6.92 Å². The van der Waals surface area contributed by atoms with Gasteiger partial charge in [-0.2, -0.15) is 0 Å². The number of hydrogen-bond acceptors (Lipinski definition) is 4. The van der Waals surface area contributed by atoms with Gasteiger partial charge in [0.2, 0.25) is 0 Å². The lowest BCUT2D eigenvalue weighted by Gasteiger charge is -2.10. The highest BCUT2D eigenvalue weighted by Gasteiger charge is 2.16. The fourth-order valence-corrected chi connectivity index (χ4v) is 2.66. The summed E-state index contributed by atoms with van der Waals surface area (Å²) in [6.07, 6.45) is 0. The Balaban J connectivity index is 2.04. The zero-order chi connectivity index (χ0) is 17.0. The van der Waals surface area contributed by atoms with Crippen LogP contribution in [0.15, 0.2) is 45.3 Å². The monoisotopic (exact) mass is 442 g/mol. The highest BCUT2D eigenvalue weighted by atomic mass is 79.9. The van der Waals surface area contributed by atoms with E-state index in [1.807, 2.05) is 13.0 Å². The number of ether oxygens (including phenoxy) is 2. The van der Waals surface area contributed by atoms with Gasteiger partial charge in [0, 0.05) is 8.95 Å². The van der Waals surface area contributed by atoms with Gasteiger partial charge in [-0.1, -0.05) is 31.9 Å². The Morgan fingerprint density at radius 2 is 1.65 bits per heavy atom. The molecule has 0 fully saturated rings. The number of aryl methyl sites for hydroxylation is 1. The minimum Gasteiger partial charge on any atom is -0.482 e. The molecule has 5 nitrogen and oxygen atoms in total. The fourth-order valence-electron chi connectivity index (χ4n) is 1.82. The van der Waals surface area contributed by atoms with Gasteiger partial charge < -0.3 is 14.6 Å². The van der Waals surface area contributed by atoms with Crippen LogP contribution >= 0.6 is 31.9 Å². The average molecular weight is 444 g/mol. The number of aromatic carboxylic acids is 1. The molecule has 0 aromatic heterocycles. The van der Waals surface area contributed by atoms with Gasteiger partial charge in [0.05, 0.1) is 0 Å². The predicted molar refractivity (Wildman–Crippen MR) is 91.1 cm³/mol. The molecular formula is C16H12Br2O5. The molecule has 7 heteroatoms. The fraction of sp³-hybridized carbons (Fsp3) is 0.125. The third-order valence-electron chi connectivity index (χ3n) is 2.88. The van der Waals surface area contributed by atoms with Crippen LogP contribution in [0, 0.1) is 6.92 Å². The third kappa shape index (κ3) is 4.80. The molecule has 2 aromatic carbocycles. The van der Waals surface area contributed by atoms with Crippen molar-refractivity contribution in [1.29, 1.82) is 0 Å². The quantitative estimate of drug-likeness (QED) is 0.553. The Hall–Kier alpha value is -1.86. The van der Waals surface area contributed by atoms with Crippen LogP contribution in [0.3, 0.4) is 0 Å². The van der Waals surface area contributed by atoms with Gasteiger partial charge in [0.25, 0.3) is 0 Å². The van der Waals surface area contributed by atoms with Crippen molar-refractivity contribution in [2.75, 3.05) is 6.61 Å². The smallest absolute Gasteiger partial charge is 0.349 e. The maximum Gasteiger partial charge on any atom is 0.349 e. The molecule has 0 radical (unpaired) electrons. The molecule has 0 unspecified atom stereocenters. The van der Waals surface area contributed by atoms with E-state index in [0.29, 0.717) is 10.2 Å². The number of benzene rings is 2. The molecule has 0 spiro atoms. The Labute approximate surface area is 149 Å². The normalized spacial score (nSPS) is 10.2. The Morgan fingerprint density at radius 1 is 1.04 bits per heavy atom. The molecular weight excluding hydrogens is 432 g/mol. The SMILES string of the molecule is Cc1cc(Br)ccc1OCC(=O)Oc1ccc(Br)cc1C(=O)O. The predicted octanol–water partition coefficient (Wildman–Crippen LogP) is 4.20. The van der Waals surface area contributed by atoms with Crippen LogP contribution in [0.2, 0.25) is 0 Å². The maximum absolute atomic E-state index is 11.9. The second-order valence-electron chi connectivity index (χ2n) is 4.62. The molecule has 0 amide bonds. The Morgan fingerprint density at radius 3 is 2.26 bits per heavy atom. The number of carbonyl (C=O) groups excluding carboxylic acids is 1. The zero-order valence-electron chi connectivity index (χ0n) is 12.0. The summed E-state index contributed by atoms with van der Waals surface area (Å²) >= 11 is 6.51.